The fourth-order valence-corrected chi connectivity index (χ4v) is 0.359. The second-order valence-electron chi connectivity index (χ2n) is 1.74. The standard InChI is InChI=1S/C6H10N2O2.2ClH/c7-5(8)3-1-2-4-6(9)10;;/h5H,2,4,7-8H2,(H,9,10);2*1H. The largest absolute Gasteiger partial charge is 0.481 e. The molecule has 0 saturated heterocycles. The Morgan fingerprint density at radius 2 is 1.92 bits per heavy atom. The van der Waals surface area contributed by atoms with Crippen LogP contribution in [-0.4, -0.2) is 17.2 Å². The van der Waals surface area contributed by atoms with Gasteiger partial charge in [0.05, 0.1) is 6.42 Å². The van der Waals surface area contributed by atoms with Gasteiger partial charge in [-0.1, -0.05) is 11.8 Å². The highest BCUT2D eigenvalue weighted by molar-refractivity contribution is 5.85. The van der Waals surface area contributed by atoms with Gasteiger partial charge in [0.15, 0.2) is 0 Å². The van der Waals surface area contributed by atoms with E-state index >= 15 is 0 Å². The normalized spacial score (nSPS) is 7.25. The van der Waals surface area contributed by atoms with E-state index in [9.17, 15) is 4.79 Å². The summed E-state index contributed by atoms with van der Waals surface area (Å²) in [4.78, 5) is 9.91. The zero-order valence-electron chi connectivity index (χ0n) is 6.32. The molecule has 0 spiro atoms. The van der Waals surface area contributed by atoms with E-state index < -0.39 is 12.1 Å². The van der Waals surface area contributed by atoms with E-state index in [1.54, 1.807) is 0 Å². The maximum atomic E-state index is 9.91. The van der Waals surface area contributed by atoms with E-state index in [0.29, 0.717) is 6.42 Å². The zero-order valence-corrected chi connectivity index (χ0v) is 7.95. The smallest absolute Gasteiger partial charge is 0.304 e. The molecule has 6 heteroatoms. The van der Waals surface area contributed by atoms with Crippen LogP contribution in [0, 0.1) is 11.8 Å². The van der Waals surface area contributed by atoms with Gasteiger partial charge in [0, 0.05) is 6.42 Å². The summed E-state index contributed by atoms with van der Waals surface area (Å²) in [6, 6.07) is 0. The second-order valence-corrected chi connectivity index (χ2v) is 1.74. The van der Waals surface area contributed by atoms with Gasteiger partial charge in [-0.05, 0) is 0 Å². The summed E-state index contributed by atoms with van der Waals surface area (Å²) in [6.07, 6.45) is -0.311. The Kier molecular flexibility index (Phi) is 15.4. The highest BCUT2D eigenvalue weighted by atomic mass is 35.5. The molecule has 12 heavy (non-hydrogen) atoms. The van der Waals surface area contributed by atoms with Gasteiger partial charge in [-0.25, -0.2) is 0 Å². The summed E-state index contributed by atoms with van der Waals surface area (Å²) < 4.78 is 0. The third kappa shape index (κ3) is 16.3. The molecule has 0 radical (unpaired) electrons. The molecule has 0 rings (SSSR count). The maximum Gasteiger partial charge on any atom is 0.304 e. The average molecular weight is 215 g/mol. The Balaban J connectivity index is -0.000000405. The Bertz CT molecular complexity index is 174. The number of carbonyl (C=O) groups is 1. The van der Waals surface area contributed by atoms with E-state index in [2.05, 4.69) is 11.8 Å². The molecule has 0 unspecified atom stereocenters. The lowest BCUT2D eigenvalue weighted by atomic mass is 10.3. The molecule has 0 heterocycles. The van der Waals surface area contributed by atoms with Crippen LogP contribution in [0.25, 0.3) is 0 Å². The van der Waals surface area contributed by atoms with Crippen molar-refractivity contribution in [2.24, 2.45) is 11.5 Å². The number of halogens is 2. The van der Waals surface area contributed by atoms with Crippen molar-refractivity contribution in [3.8, 4) is 11.8 Å². The van der Waals surface area contributed by atoms with Crippen LogP contribution in [0.1, 0.15) is 12.8 Å². The minimum atomic E-state index is -0.861. The molecule has 0 aliphatic heterocycles. The molecule has 0 aromatic rings. The summed E-state index contributed by atoms with van der Waals surface area (Å²) in [7, 11) is 0. The van der Waals surface area contributed by atoms with Gasteiger partial charge in [0.1, 0.15) is 6.17 Å². The number of hydrogen-bond donors (Lipinski definition) is 3. The van der Waals surface area contributed by atoms with Gasteiger partial charge in [0.2, 0.25) is 0 Å². The van der Waals surface area contributed by atoms with E-state index in [1.807, 2.05) is 0 Å². The first-order chi connectivity index (χ1) is 4.63. The van der Waals surface area contributed by atoms with Crippen molar-refractivity contribution in [2.45, 2.75) is 19.0 Å². The zero-order chi connectivity index (χ0) is 7.98. The molecular formula is C6H12Cl2N2O2. The fraction of sp³-hybridized carbons (Fsp3) is 0.500. The first kappa shape index (κ1) is 17.6. The van der Waals surface area contributed by atoms with Gasteiger partial charge < -0.3 is 16.6 Å². The van der Waals surface area contributed by atoms with Crippen LogP contribution in [0.5, 0.6) is 0 Å². The SMILES string of the molecule is Cl.Cl.NC(N)C#CCCC(=O)O. The highest BCUT2D eigenvalue weighted by Crippen LogP contribution is 1.84. The average Bonchev–Trinajstić information content (AvgIpc) is 1.79. The lowest BCUT2D eigenvalue weighted by Gasteiger charge is -1.88. The van der Waals surface area contributed by atoms with Gasteiger partial charge >= 0.3 is 5.97 Å². The van der Waals surface area contributed by atoms with Crippen LogP contribution >= 0.6 is 24.8 Å². The summed E-state index contributed by atoms with van der Waals surface area (Å²) in [5, 5.41) is 8.15. The minimum Gasteiger partial charge on any atom is -0.481 e. The molecule has 0 aromatic heterocycles. The second kappa shape index (κ2) is 10.5. The van der Waals surface area contributed by atoms with Crippen molar-refractivity contribution in [1.82, 2.24) is 0 Å². The van der Waals surface area contributed by atoms with Gasteiger partial charge in [0.25, 0.3) is 0 Å². The monoisotopic (exact) mass is 214 g/mol. The van der Waals surface area contributed by atoms with E-state index in [-0.39, 0.29) is 31.2 Å². The number of carboxylic acids is 1. The molecular weight excluding hydrogens is 203 g/mol. The molecule has 0 bridgehead atoms. The topological polar surface area (TPSA) is 89.3 Å². The summed E-state index contributed by atoms with van der Waals surface area (Å²) in [6.45, 7) is 0. The van der Waals surface area contributed by atoms with Crippen molar-refractivity contribution in [3.05, 3.63) is 0 Å². The predicted octanol–water partition coefficient (Wildman–Crippen LogP) is -0.0583. The third-order valence-corrected chi connectivity index (χ3v) is 0.733. The highest BCUT2D eigenvalue weighted by Gasteiger charge is 1.91. The molecule has 72 valence electrons. The maximum absolute atomic E-state index is 9.91. The summed E-state index contributed by atoms with van der Waals surface area (Å²) in [5.74, 6) is 4.12. The number of nitrogens with two attached hydrogens (primary N) is 2. The van der Waals surface area contributed by atoms with Crippen LogP contribution < -0.4 is 11.5 Å². The van der Waals surface area contributed by atoms with E-state index in [0.717, 1.165) is 0 Å². The number of rotatable bonds is 2. The van der Waals surface area contributed by atoms with Crippen molar-refractivity contribution in [2.75, 3.05) is 0 Å². The molecule has 0 aliphatic rings. The molecule has 0 saturated carbocycles. The first-order valence-electron chi connectivity index (χ1n) is 2.84. The van der Waals surface area contributed by atoms with Gasteiger partial charge in [-0.3, -0.25) is 4.79 Å². The first-order valence-corrected chi connectivity index (χ1v) is 2.84. The molecule has 0 atom stereocenters. The van der Waals surface area contributed by atoms with Crippen LogP contribution in [-0.2, 0) is 4.79 Å². The quantitative estimate of drug-likeness (QED) is 0.444. The Morgan fingerprint density at radius 1 is 1.42 bits per heavy atom. The van der Waals surface area contributed by atoms with Crippen molar-refractivity contribution in [3.63, 3.8) is 0 Å². The summed E-state index contributed by atoms with van der Waals surface area (Å²) >= 11 is 0. The predicted molar refractivity (Wildman–Crippen MR) is 51.3 cm³/mol. The molecule has 0 aliphatic carbocycles. The lowest BCUT2D eigenvalue weighted by molar-refractivity contribution is -0.136. The lowest BCUT2D eigenvalue weighted by Crippen LogP contribution is -2.27. The van der Waals surface area contributed by atoms with E-state index in [1.165, 1.54) is 0 Å². The van der Waals surface area contributed by atoms with Crippen molar-refractivity contribution in [1.29, 1.82) is 0 Å². The number of carboxylic acid groups (broad SMARTS) is 1. The van der Waals surface area contributed by atoms with Crippen LogP contribution in [0.3, 0.4) is 0 Å². The summed E-state index contributed by atoms with van der Waals surface area (Å²) in [5.41, 5.74) is 10.1. The molecule has 0 aromatic carbocycles. The van der Waals surface area contributed by atoms with E-state index in [4.69, 9.17) is 16.6 Å². The number of aliphatic carboxylic acids is 1. The van der Waals surface area contributed by atoms with Crippen molar-refractivity contribution >= 4 is 30.8 Å². The molecule has 0 amide bonds. The molecule has 0 fully saturated rings. The van der Waals surface area contributed by atoms with Crippen LogP contribution in [0.2, 0.25) is 0 Å². The van der Waals surface area contributed by atoms with Gasteiger partial charge in [-0.15, -0.1) is 24.8 Å². The third-order valence-electron chi connectivity index (χ3n) is 0.733. The fourth-order valence-electron chi connectivity index (χ4n) is 0.359. The minimum absolute atomic E-state index is 0. The Morgan fingerprint density at radius 3 is 2.25 bits per heavy atom. The Labute approximate surface area is 83.5 Å². The Hall–Kier alpha value is -0.470. The van der Waals surface area contributed by atoms with Crippen LogP contribution in [0.4, 0.5) is 0 Å². The van der Waals surface area contributed by atoms with Crippen LogP contribution in [0.15, 0.2) is 0 Å². The van der Waals surface area contributed by atoms with Gasteiger partial charge in [-0.2, -0.15) is 0 Å². The molecule has 5 N–H and O–H groups in total. The van der Waals surface area contributed by atoms with Crippen molar-refractivity contribution < 1.29 is 9.90 Å². The number of hydrogen-bond acceptors (Lipinski definition) is 3. The molecule has 4 nitrogen and oxygen atoms in total.